The van der Waals surface area contributed by atoms with Crippen LogP contribution in [-0.2, 0) is 0 Å². The third-order valence-corrected chi connectivity index (χ3v) is 4.00. The number of pyridine rings is 1. The van der Waals surface area contributed by atoms with Crippen molar-refractivity contribution in [3.8, 4) is 10.7 Å². The highest BCUT2D eigenvalue weighted by Gasteiger charge is 2.08. The lowest BCUT2D eigenvalue weighted by Gasteiger charge is -2.06. The summed E-state index contributed by atoms with van der Waals surface area (Å²) in [5.41, 5.74) is 2.98. The second kappa shape index (κ2) is 5.66. The molecule has 0 amide bonds. The highest BCUT2D eigenvalue weighted by Crippen LogP contribution is 2.22. The molecule has 2 N–H and O–H groups in total. The fraction of sp³-hybridized carbons (Fsp3) is 0.154. The molecule has 3 heterocycles. The Morgan fingerprint density at radius 3 is 2.81 bits per heavy atom. The maximum atomic E-state index is 5.06. The van der Waals surface area contributed by atoms with Crippen LogP contribution in [0.2, 0.25) is 0 Å². The number of aryl methyl sites for hydroxylation is 1. The first-order valence-electron chi connectivity index (χ1n) is 6.21. The molecule has 0 atom stereocenters. The van der Waals surface area contributed by atoms with Crippen molar-refractivity contribution >= 4 is 45.6 Å². The van der Waals surface area contributed by atoms with Crippen LogP contribution in [0.3, 0.4) is 0 Å². The van der Waals surface area contributed by atoms with Crippen LogP contribution in [0.1, 0.15) is 5.69 Å². The number of thiazole rings is 1. The lowest BCUT2D eigenvalue weighted by atomic mass is 10.3. The second-order valence-corrected chi connectivity index (χ2v) is 5.56. The minimum absolute atomic E-state index is 0.501. The van der Waals surface area contributed by atoms with Crippen molar-refractivity contribution < 1.29 is 0 Å². The SMILES string of the molecule is CNC(=S)Nc1ccc2ncc(-c3nc(C)cs3)nc2n1. The van der Waals surface area contributed by atoms with Gasteiger partial charge in [0.1, 0.15) is 22.0 Å². The Morgan fingerprint density at radius 2 is 2.10 bits per heavy atom. The summed E-state index contributed by atoms with van der Waals surface area (Å²) in [4.78, 5) is 17.7. The lowest BCUT2D eigenvalue weighted by Crippen LogP contribution is -2.24. The van der Waals surface area contributed by atoms with E-state index in [1.54, 1.807) is 24.6 Å². The molecule has 0 saturated heterocycles. The molecule has 106 valence electrons. The molecule has 21 heavy (non-hydrogen) atoms. The smallest absolute Gasteiger partial charge is 0.180 e. The molecular weight excluding hydrogens is 304 g/mol. The zero-order valence-electron chi connectivity index (χ0n) is 11.4. The number of rotatable bonds is 2. The van der Waals surface area contributed by atoms with Crippen LogP contribution < -0.4 is 10.6 Å². The van der Waals surface area contributed by atoms with E-state index < -0.39 is 0 Å². The van der Waals surface area contributed by atoms with Gasteiger partial charge in [0.05, 0.1) is 6.20 Å². The maximum absolute atomic E-state index is 5.06. The van der Waals surface area contributed by atoms with Crippen molar-refractivity contribution in [1.82, 2.24) is 25.3 Å². The van der Waals surface area contributed by atoms with Crippen molar-refractivity contribution in [2.75, 3.05) is 12.4 Å². The molecule has 0 aromatic carbocycles. The number of aromatic nitrogens is 4. The van der Waals surface area contributed by atoms with Crippen molar-refractivity contribution in [2.24, 2.45) is 0 Å². The molecule has 0 radical (unpaired) electrons. The summed E-state index contributed by atoms with van der Waals surface area (Å²) in [7, 11) is 1.75. The van der Waals surface area contributed by atoms with E-state index >= 15 is 0 Å². The van der Waals surface area contributed by atoms with E-state index in [-0.39, 0.29) is 0 Å². The van der Waals surface area contributed by atoms with Crippen LogP contribution in [0.4, 0.5) is 5.82 Å². The summed E-state index contributed by atoms with van der Waals surface area (Å²) in [5, 5.41) is 9.14. The average molecular weight is 316 g/mol. The quantitative estimate of drug-likeness (QED) is 0.703. The Balaban J connectivity index is 2.00. The number of anilines is 1. The molecule has 0 aliphatic carbocycles. The topological polar surface area (TPSA) is 75.6 Å². The molecule has 0 unspecified atom stereocenters. The highest BCUT2D eigenvalue weighted by atomic mass is 32.1. The van der Waals surface area contributed by atoms with Crippen LogP contribution in [0.5, 0.6) is 0 Å². The third kappa shape index (κ3) is 2.96. The van der Waals surface area contributed by atoms with Crippen LogP contribution >= 0.6 is 23.6 Å². The van der Waals surface area contributed by atoms with Gasteiger partial charge in [0, 0.05) is 18.1 Å². The van der Waals surface area contributed by atoms with E-state index in [1.807, 2.05) is 24.4 Å². The molecule has 0 aliphatic heterocycles. The summed E-state index contributed by atoms with van der Waals surface area (Å²) in [6.07, 6.45) is 1.72. The Labute approximate surface area is 130 Å². The van der Waals surface area contributed by atoms with Gasteiger partial charge in [-0.25, -0.2) is 15.0 Å². The number of nitrogens with zero attached hydrogens (tertiary/aromatic N) is 4. The van der Waals surface area contributed by atoms with Gasteiger partial charge in [-0.1, -0.05) is 0 Å². The van der Waals surface area contributed by atoms with Gasteiger partial charge in [-0.3, -0.25) is 4.98 Å². The van der Waals surface area contributed by atoms with Gasteiger partial charge in [0.15, 0.2) is 10.8 Å². The molecule has 3 aromatic rings. The van der Waals surface area contributed by atoms with E-state index in [4.69, 9.17) is 12.2 Å². The molecule has 3 rings (SSSR count). The average Bonchev–Trinajstić information content (AvgIpc) is 2.93. The first-order valence-corrected chi connectivity index (χ1v) is 7.49. The van der Waals surface area contributed by atoms with E-state index in [1.165, 1.54) is 0 Å². The molecule has 0 spiro atoms. The fourth-order valence-corrected chi connectivity index (χ4v) is 2.58. The van der Waals surface area contributed by atoms with Gasteiger partial charge in [0.25, 0.3) is 0 Å². The summed E-state index contributed by atoms with van der Waals surface area (Å²) in [5.74, 6) is 0.628. The summed E-state index contributed by atoms with van der Waals surface area (Å²) in [6, 6.07) is 3.67. The van der Waals surface area contributed by atoms with Gasteiger partial charge in [-0.15, -0.1) is 11.3 Å². The largest absolute Gasteiger partial charge is 0.365 e. The van der Waals surface area contributed by atoms with Crippen LogP contribution in [0.15, 0.2) is 23.7 Å². The molecule has 0 bridgehead atoms. The van der Waals surface area contributed by atoms with E-state index in [2.05, 4.69) is 30.6 Å². The van der Waals surface area contributed by atoms with Gasteiger partial charge >= 0.3 is 0 Å². The van der Waals surface area contributed by atoms with Crippen LogP contribution in [0.25, 0.3) is 21.9 Å². The van der Waals surface area contributed by atoms with Crippen molar-refractivity contribution in [2.45, 2.75) is 6.92 Å². The first kappa shape index (κ1) is 13.8. The van der Waals surface area contributed by atoms with E-state index in [0.29, 0.717) is 16.6 Å². The lowest BCUT2D eigenvalue weighted by molar-refractivity contribution is 1.17. The summed E-state index contributed by atoms with van der Waals surface area (Å²) < 4.78 is 0. The van der Waals surface area contributed by atoms with Crippen molar-refractivity contribution in [3.05, 3.63) is 29.4 Å². The van der Waals surface area contributed by atoms with Crippen LogP contribution in [-0.4, -0.2) is 32.1 Å². The Bertz CT molecular complexity index is 813. The zero-order valence-corrected chi connectivity index (χ0v) is 13.0. The van der Waals surface area contributed by atoms with Crippen LogP contribution in [0, 0.1) is 6.92 Å². The number of hydrogen-bond acceptors (Lipinski definition) is 6. The molecular formula is C13H12N6S2. The minimum atomic E-state index is 0.501. The van der Waals surface area contributed by atoms with E-state index in [0.717, 1.165) is 21.9 Å². The molecule has 0 aliphatic rings. The van der Waals surface area contributed by atoms with Crippen molar-refractivity contribution in [1.29, 1.82) is 0 Å². The molecule has 0 fully saturated rings. The number of hydrogen-bond donors (Lipinski definition) is 2. The Hall–Kier alpha value is -2.19. The van der Waals surface area contributed by atoms with Gasteiger partial charge in [-0.2, -0.15) is 0 Å². The molecule has 3 aromatic heterocycles. The normalized spacial score (nSPS) is 10.6. The second-order valence-electron chi connectivity index (χ2n) is 4.29. The predicted molar refractivity (Wildman–Crippen MR) is 88.5 cm³/mol. The standard InChI is InChI=1S/C13H12N6S2/c1-7-6-21-12(16-7)9-5-15-8-3-4-10(18-11(8)17-9)19-13(20)14-2/h3-6H,1-2H3,(H2,14,17,18,19,20). The third-order valence-electron chi connectivity index (χ3n) is 2.71. The predicted octanol–water partition coefficient (Wildman–Crippen LogP) is 2.37. The van der Waals surface area contributed by atoms with Crippen molar-refractivity contribution in [3.63, 3.8) is 0 Å². The summed E-state index contributed by atoms with van der Waals surface area (Å²) >= 11 is 6.60. The molecule has 6 nitrogen and oxygen atoms in total. The van der Waals surface area contributed by atoms with Gasteiger partial charge in [0.2, 0.25) is 0 Å². The van der Waals surface area contributed by atoms with E-state index in [9.17, 15) is 0 Å². The van der Waals surface area contributed by atoms with Gasteiger partial charge in [-0.05, 0) is 31.3 Å². The number of nitrogens with one attached hydrogen (secondary N) is 2. The highest BCUT2D eigenvalue weighted by molar-refractivity contribution is 7.80. The van der Waals surface area contributed by atoms with Gasteiger partial charge < -0.3 is 10.6 Å². The number of thiocarbonyl (C=S) groups is 1. The molecule has 0 saturated carbocycles. The molecule has 8 heteroatoms. The number of fused-ring (bicyclic) bond motifs is 1. The Morgan fingerprint density at radius 1 is 1.24 bits per heavy atom. The first-order chi connectivity index (χ1) is 10.2. The maximum Gasteiger partial charge on any atom is 0.180 e. The summed E-state index contributed by atoms with van der Waals surface area (Å²) in [6.45, 7) is 1.95. The monoisotopic (exact) mass is 316 g/mol. The fourth-order valence-electron chi connectivity index (χ4n) is 1.72. The minimum Gasteiger partial charge on any atom is -0.365 e. The Kier molecular flexibility index (Phi) is 3.72. The zero-order chi connectivity index (χ0) is 14.8.